The van der Waals surface area contributed by atoms with Crippen molar-refractivity contribution in [2.45, 2.75) is 31.7 Å². The maximum Gasteiger partial charge on any atom is 0.0357 e. The van der Waals surface area contributed by atoms with Crippen molar-refractivity contribution >= 4 is 10.8 Å². The van der Waals surface area contributed by atoms with E-state index in [4.69, 9.17) is 0 Å². The van der Waals surface area contributed by atoms with Gasteiger partial charge in [-0.25, -0.2) is 0 Å². The molecule has 0 heterocycles. The van der Waals surface area contributed by atoms with Gasteiger partial charge < -0.3 is 5.32 Å². The molecule has 3 heteroatoms. The molecule has 0 amide bonds. The molecule has 3 atom stereocenters. The highest BCUT2D eigenvalue weighted by Crippen LogP contribution is 2.36. The summed E-state index contributed by atoms with van der Waals surface area (Å²) in [6.45, 7) is 3.15. The SMILES string of the molecule is CC1CCC(NCCS(C)=O)c2ccccc21. The third-order valence-electron chi connectivity index (χ3n) is 3.57. The summed E-state index contributed by atoms with van der Waals surface area (Å²) < 4.78 is 11.1. The predicted octanol–water partition coefficient (Wildman–Crippen LogP) is 2.59. The van der Waals surface area contributed by atoms with Crippen LogP contribution in [0.3, 0.4) is 0 Å². The largest absolute Gasteiger partial charge is 0.309 e. The van der Waals surface area contributed by atoms with Gasteiger partial charge in [0.15, 0.2) is 0 Å². The van der Waals surface area contributed by atoms with Gasteiger partial charge in [-0.05, 0) is 29.9 Å². The fourth-order valence-corrected chi connectivity index (χ4v) is 3.00. The summed E-state index contributed by atoms with van der Waals surface area (Å²) in [5.74, 6) is 1.42. The first kappa shape index (κ1) is 12.8. The zero-order chi connectivity index (χ0) is 12.3. The van der Waals surface area contributed by atoms with E-state index >= 15 is 0 Å². The number of rotatable bonds is 4. The lowest BCUT2D eigenvalue weighted by Crippen LogP contribution is -2.29. The maximum absolute atomic E-state index is 11.1. The Morgan fingerprint density at radius 3 is 2.71 bits per heavy atom. The molecule has 0 radical (unpaired) electrons. The smallest absolute Gasteiger partial charge is 0.0357 e. The quantitative estimate of drug-likeness (QED) is 0.891. The average Bonchev–Trinajstić information content (AvgIpc) is 2.32. The molecule has 3 unspecified atom stereocenters. The van der Waals surface area contributed by atoms with E-state index in [-0.39, 0.29) is 0 Å². The minimum Gasteiger partial charge on any atom is -0.309 e. The molecule has 0 bridgehead atoms. The fourth-order valence-electron chi connectivity index (χ4n) is 2.59. The summed E-state index contributed by atoms with van der Waals surface area (Å²) in [6, 6.07) is 9.16. The second kappa shape index (κ2) is 5.78. The van der Waals surface area contributed by atoms with Crippen molar-refractivity contribution in [3.63, 3.8) is 0 Å². The molecular formula is C14H21NOS. The van der Waals surface area contributed by atoms with Crippen molar-refractivity contribution < 1.29 is 4.21 Å². The molecule has 0 saturated heterocycles. The highest BCUT2D eigenvalue weighted by Gasteiger charge is 2.23. The molecule has 2 nitrogen and oxygen atoms in total. The van der Waals surface area contributed by atoms with Gasteiger partial charge in [0.05, 0.1) is 0 Å². The summed E-state index contributed by atoms with van der Waals surface area (Å²) >= 11 is 0. The Morgan fingerprint density at radius 1 is 1.29 bits per heavy atom. The Bertz CT molecular complexity index is 405. The molecule has 1 aliphatic carbocycles. The lowest BCUT2D eigenvalue weighted by atomic mass is 9.81. The van der Waals surface area contributed by atoms with Gasteiger partial charge in [-0.15, -0.1) is 0 Å². The van der Waals surface area contributed by atoms with Gasteiger partial charge >= 0.3 is 0 Å². The zero-order valence-corrected chi connectivity index (χ0v) is 11.4. The van der Waals surface area contributed by atoms with Crippen LogP contribution < -0.4 is 5.32 Å². The zero-order valence-electron chi connectivity index (χ0n) is 10.6. The van der Waals surface area contributed by atoms with Crippen LogP contribution in [0.4, 0.5) is 0 Å². The standard InChI is InChI=1S/C14H21NOS/c1-11-7-8-14(15-9-10-17(2)16)13-6-4-3-5-12(11)13/h3-6,11,14-15H,7-10H2,1-2H3. The third kappa shape index (κ3) is 3.17. The minimum absolute atomic E-state index is 0.450. The Labute approximate surface area is 106 Å². The van der Waals surface area contributed by atoms with E-state index in [0.29, 0.717) is 12.0 Å². The number of benzene rings is 1. The van der Waals surface area contributed by atoms with Crippen molar-refractivity contribution in [2.75, 3.05) is 18.6 Å². The molecule has 94 valence electrons. The summed E-state index contributed by atoms with van der Waals surface area (Å²) in [6.07, 6.45) is 4.19. The molecule has 0 saturated carbocycles. The monoisotopic (exact) mass is 251 g/mol. The summed E-state index contributed by atoms with van der Waals surface area (Å²) in [7, 11) is -0.697. The maximum atomic E-state index is 11.1. The first-order chi connectivity index (χ1) is 8.18. The van der Waals surface area contributed by atoms with Crippen LogP contribution in [0.1, 0.15) is 42.9 Å². The minimum atomic E-state index is -0.697. The van der Waals surface area contributed by atoms with E-state index in [2.05, 4.69) is 36.5 Å². The van der Waals surface area contributed by atoms with E-state index in [9.17, 15) is 4.21 Å². The van der Waals surface area contributed by atoms with Crippen molar-refractivity contribution in [3.8, 4) is 0 Å². The molecule has 1 aliphatic rings. The van der Waals surface area contributed by atoms with Gasteiger partial charge in [0.1, 0.15) is 0 Å². The van der Waals surface area contributed by atoms with Crippen LogP contribution in [0.15, 0.2) is 24.3 Å². The van der Waals surface area contributed by atoms with Crippen LogP contribution in [0.2, 0.25) is 0 Å². The van der Waals surface area contributed by atoms with Crippen LogP contribution in [0.5, 0.6) is 0 Å². The molecule has 17 heavy (non-hydrogen) atoms. The molecule has 1 N–H and O–H groups in total. The van der Waals surface area contributed by atoms with Crippen LogP contribution in [-0.2, 0) is 10.8 Å². The van der Waals surface area contributed by atoms with Crippen LogP contribution in [0, 0.1) is 0 Å². The van der Waals surface area contributed by atoms with Gasteiger partial charge in [0, 0.05) is 35.4 Å². The van der Waals surface area contributed by atoms with E-state index in [1.165, 1.54) is 24.0 Å². The molecule has 0 spiro atoms. The van der Waals surface area contributed by atoms with E-state index in [1.54, 1.807) is 6.26 Å². The Hall–Kier alpha value is -0.670. The Morgan fingerprint density at radius 2 is 2.00 bits per heavy atom. The normalized spacial score (nSPS) is 25.3. The summed E-state index contributed by atoms with van der Waals surface area (Å²) in [5.41, 5.74) is 2.92. The molecule has 0 aliphatic heterocycles. The summed E-state index contributed by atoms with van der Waals surface area (Å²) in [4.78, 5) is 0. The topological polar surface area (TPSA) is 29.1 Å². The molecule has 1 aromatic carbocycles. The van der Waals surface area contributed by atoms with E-state index in [0.717, 1.165) is 12.3 Å². The predicted molar refractivity (Wildman–Crippen MR) is 73.8 cm³/mol. The number of fused-ring (bicyclic) bond motifs is 1. The van der Waals surface area contributed by atoms with Crippen LogP contribution in [0.25, 0.3) is 0 Å². The van der Waals surface area contributed by atoms with E-state index in [1.807, 2.05) is 0 Å². The third-order valence-corrected chi connectivity index (χ3v) is 4.35. The molecule has 0 aromatic heterocycles. The lowest BCUT2D eigenvalue weighted by molar-refractivity contribution is 0.442. The van der Waals surface area contributed by atoms with Crippen molar-refractivity contribution in [1.82, 2.24) is 5.32 Å². The van der Waals surface area contributed by atoms with Crippen molar-refractivity contribution in [2.24, 2.45) is 0 Å². The highest BCUT2D eigenvalue weighted by molar-refractivity contribution is 7.84. The molecule has 0 fully saturated rings. The van der Waals surface area contributed by atoms with Crippen LogP contribution >= 0.6 is 0 Å². The first-order valence-corrected chi connectivity index (χ1v) is 8.03. The van der Waals surface area contributed by atoms with Crippen molar-refractivity contribution in [1.29, 1.82) is 0 Å². The number of hydrogen-bond acceptors (Lipinski definition) is 2. The first-order valence-electron chi connectivity index (χ1n) is 6.30. The Balaban J connectivity index is 2.05. The Kier molecular flexibility index (Phi) is 4.35. The van der Waals surface area contributed by atoms with Gasteiger partial charge in [-0.2, -0.15) is 0 Å². The number of hydrogen-bond donors (Lipinski definition) is 1. The molecular weight excluding hydrogens is 230 g/mol. The molecule has 2 rings (SSSR count). The summed E-state index contributed by atoms with van der Waals surface area (Å²) in [5, 5.41) is 3.54. The number of nitrogens with one attached hydrogen (secondary N) is 1. The van der Waals surface area contributed by atoms with Gasteiger partial charge in [-0.1, -0.05) is 31.2 Å². The van der Waals surface area contributed by atoms with Gasteiger partial charge in [0.25, 0.3) is 0 Å². The second-order valence-electron chi connectivity index (χ2n) is 4.89. The molecule has 1 aromatic rings. The van der Waals surface area contributed by atoms with Gasteiger partial charge in [-0.3, -0.25) is 4.21 Å². The van der Waals surface area contributed by atoms with Crippen molar-refractivity contribution in [3.05, 3.63) is 35.4 Å². The fraction of sp³-hybridized carbons (Fsp3) is 0.571. The highest BCUT2D eigenvalue weighted by atomic mass is 32.2. The second-order valence-corrected chi connectivity index (χ2v) is 6.45. The van der Waals surface area contributed by atoms with Gasteiger partial charge in [0.2, 0.25) is 0 Å². The van der Waals surface area contributed by atoms with Crippen LogP contribution in [-0.4, -0.2) is 22.8 Å². The average molecular weight is 251 g/mol. The van der Waals surface area contributed by atoms with E-state index < -0.39 is 10.8 Å². The lowest BCUT2D eigenvalue weighted by Gasteiger charge is -2.30.